The first kappa shape index (κ1) is 37.0. The summed E-state index contributed by atoms with van der Waals surface area (Å²) in [6, 6.07) is 22.0. The predicted octanol–water partition coefficient (Wildman–Crippen LogP) is 5.65. The van der Waals surface area contributed by atoms with Crippen molar-refractivity contribution in [2.45, 2.75) is 75.2 Å². The molecular formula is C42H49N3O7. The highest BCUT2D eigenvalue weighted by Crippen LogP contribution is 2.59. The van der Waals surface area contributed by atoms with Gasteiger partial charge in [-0.3, -0.25) is 19.2 Å². The number of nitrogens with one attached hydrogen (secondary N) is 1. The van der Waals surface area contributed by atoms with Crippen molar-refractivity contribution in [3.63, 3.8) is 0 Å². The lowest BCUT2D eigenvalue weighted by molar-refractivity contribution is -0.160. The number of ether oxygens (including phenoxy) is 2. The average Bonchev–Trinajstić information content (AvgIpc) is 3.81. The van der Waals surface area contributed by atoms with E-state index in [2.05, 4.69) is 18.5 Å². The fourth-order valence-corrected chi connectivity index (χ4v) is 8.27. The van der Waals surface area contributed by atoms with Gasteiger partial charge in [0, 0.05) is 31.8 Å². The Morgan fingerprint density at radius 1 is 1.00 bits per heavy atom. The second-order valence-corrected chi connectivity index (χ2v) is 14.0. The zero-order valence-corrected chi connectivity index (χ0v) is 29.7. The van der Waals surface area contributed by atoms with Crippen molar-refractivity contribution < 1.29 is 33.8 Å². The summed E-state index contributed by atoms with van der Waals surface area (Å²) in [4.78, 5) is 59.7. The standard InChI is InChI=1S/C42H49N3O7/c1-3-5-19-35(47)43-28-34(30-16-9-8-10-17-30)51-41(50)36-33-22-23-42(52-33)37(36)39(48)45(25-13-6-7-14-26-46)38(42)40(49)44(24-4-2)32-21-20-29-15-11-12-18-31(29)27-32/h3-4,8-12,15-18,20-21,27,33-34,36-38,46H,1-2,5-7,13-14,19,22-26,28H2,(H,43,47)/t33-,34+,36+,37+,38-,42+/m0/s1. The number of fused-ring (bicyclic) bond motifs is 2. The summed E-state index contributed by atoms with van der Waals surface area (Å²) in [6.45, 7) is 8.31. The molecule has 0 radical (unpaired) electrons. The van der Waals surface area contributed by atoms with Gasteiger partial charge in [0.05, 0.1) is 24.5 Å². The van der Waals surface area contributed by atoms with Crippen molar-refractivity contribution in [1.29, 1.82) is 0 Å². The fraction of sp³-hybridized carbons (Fsp3) is 0.429. The van der Waals surface area contributed by atoms with E-state index in [4.69, 9.17) is 9.47 Å². The Morgan fingerprint density at radius 2 is 1.75 bits per heavy atom. The Balaban J connectivity index is 1.30. The molecule has 3 aliphatic rings. The number of aliphatic hydroxyl groups is 1. The highest BCUT2D eigenvalue weighted by Gasteiger charge is 2.75. The number of carbonyl (C=O) groups is 4. The average molecular weight is 708 g/mol. The number of allylic oxidation sites excluding steroid dienone is 1. The van der Waals surface area contributed by atoms with Gasteiger partial charge < -0.3 is 29.7 Å². The van der Waals surface area contributed by atoms with Gasteiger partial charge >= 0.3 is 5.97 Å². The molecule has 10 heteroatoms. The molecule has 3 aromatic carbocycles. The summed E-state index contributed by atoms with van der Waals surface area (Å²) in [6.07, 6.45) is 6.59. The number of carbonyl (C=O) groups excluding carboxylic acids is 4. The molecule has 0 unspecified atom stereocenters. The number of benzene rings is 3. The zero-order chi connectivity index (χ0) is 36.7. The number of nitrogens with zero attached hydrogens (tertiary/aromatic N) is 2. The molecule has 3 amide bonds. The van der Waals surface area contributed by atoms with Crippen LogP contribution in [0.4, 0.5) is 5.69 Å². The van der Waals surface area contributed by atoms with E-state index in [-0.39, 0.29) is 43.8 Å². The topological polar surface area (TPSA) is 125 Å². The highest BCUT2D eigenvalue weighted by atomic mass is 16.6. The largest absolute Gasteiger partial charge is 0.455 e. The van der Waals surface area contributed by atoms with Gasteiger partial charge in [0.1, 0.15) is 17.7 Å². The SMILES string of the molecule is C=CCCC(=O)NC[C@@H](OC(=O)[C@@H]1[C@@H]2CC[C@]3(O2)[C@H](C(=O)N(CC=C)c2ccc4ccccc4c2)N(CCCCCCO)C(=O)[C@@H]13)c1ccccc1. The Labute approximate surface area is 305 Å². The first-order valence-electron chi connectivity index (χ1n) is 18.5. The summed E-state index contributed by atoms with van der Waals surface area (Å²) in [5, 5.41) is 14.2. The molecule has 0 saturated carbocycles. The van der Waals surface area contributed by atoms with Gasteiger partial charge in [0.2, 0.25) is 11.8 Å². The number of anilines is 1. The molecule has 10 nitrogen and oxygen atoms in total. The molecule has 3 fully saturated rings. The van der Waals surface area contributed by atoms with Crippen LogP contribution in [-0.2, 0) is 28.7 Å². The number of amides is 3. The quantitative estimate of drug-likeness (QED) is 0.0995. The second-order valence-electron chi connectivity index (χ2n) is 14.0. The third kappa shape index (κ3) is 7.41. The first-order chi connectivity index (χ1) is 25.3. The van der Waals surface area contributed by atoms with Crippen molar-refractivity contribution in [2.24, 2.45) is 11.8 Å². The lowest BCUT2D eigenvalue weighted by atomic mass is 9.70. The van der Waals surface area contributed by atoms with Crippen molar-refractivity contribution in [1.82, 2.24) is 10.2 Å². The normalized spacial score (nSPS) is 23.6. The molecule has 3 aromatic rings. The minimum absolute atomic E-state index is 0.0665. The van der Waals surface area contributed by atoms with Gasteiger partial charge in [0.25, 0.3) is 5.91 Å². The number of aliphatic hydroxyl groups excluding tert-OH is 1. The number of unbranched alkanes of at least 4 members (excludes halogenated alkanes) is 3. The molecule has 3 saturated heterocycles. The number of hydrogen-bond donors (Lipinski definition) is 2. The van der Waals surface area contributed by atoms with Crippen LogP contribution in [0.25, 0.3) is 10.8 Å². The number of likely N-dealkylation sites (tertiary alicyclic amines) is 1. The smallest absolute Gasteiger partial charge is 0.313 e. The van der Waals surface area contributed by atoms with Crippen LogP contribution in [0.3, 0.4) is 0 Å². The van der Waals surface area contributed by atoms with Crippen LogP contribution in [0.15, 0.2) is 98.1 Å². The molecule has 6 rings (SSSR count). The van der Waals surface area contributed by atoms with Crippen LogP contribution in [0.2, 0.25) is 0 Å². The lowest BCUT2D eigenvalue weighted by Gasteiger charge is -2.37. The van der Waals surface area contributed by atoms with E-state index in [1.807, 2.05) is 72.8 Å². The van der Waals surface area contributed by atoms with Crippen molar-refractivity contribution in [2.75, 3.05) is 31.1 Å². The second kappa shape index (κ2) is 16.7. The maximum Gasteiger partial charge on any atom is 0.313 e. The van der Waals surface area contributed by atoms with E-state index in [9.17, 15) is 24.3 Å². The molecule has 274 valence electrons. The Bertz CT molecular complexity index is 1780. The molecular weight excluding hydrogens is 658 g/mol. The molecule has 2 N–H and O–H groups in total. The maximum absolute atomic E-state index is 15.0. The van der Waals surface area contributed by atoms with Crippen LogP contribution >= 0.6 is 0 Å². The lowest BCUT2D eigenvalue weighted by Crippen LogP contribution is -2.56. The van der Waals surface area contributed by atoms with Gasteiger partial charge in [-0.25, -0.2) is 0 Å². The molecule has 0 aliphatic carbocycles. The molecule has 6 atom stereocenters. The van der Waals surface area contributed by atoms with Crippen molar-refractivity contribution in [3.8, 4) is 0 Å². The molecule has 0 aromatic heterocycles. The van der Waals surface area contributed by atoms with Crippen LogP contribution in [0, 0.1) is 11.8 Å². The number of hydrogen-bond acceptors (Lipinski definition) is 7. The van der Waals surface area contributed by atoms with Crippen molar-refractivity contribution in [3.05, 3.63) is 104 Å². The predicted molar refractivity (Wildman–Crippen MR) is 199 cm³/mol. The number of rotatable bonds is 18. The van der Waals surface area contributed by atoms with Gasteiger partial charge in [-0.1, -0.05) is 85.7 Å². The summed E-state index contributed by atoms with van der Waals surface area (Å²) >= 11 is 0. The van der Waals surface area contributed by atoms with E-state index in [1.165, 1.54) is 0 Å². The minimum Gasteiger partial charge on any atom is -0.455 e. The fourth-order valence-electron chi connectivity index (χ4n) is 8.27. The Kier molecular flexibility index (Phi) is 11.9. The van der Waals surface area contributed by atoms with Gasteiger partial charge in [0.15, 0.2) is 0 Å². The van der Waals surface area contributed by atoms with Gasteiger partial charge in [-0.15, -0.1) is 13.2 Å². The van der Waals surface area contributed by atoms with Crippen LogP contribution < -0.4 is 10.2 Å². The van der Waals surface area contributed by atoms with Crippen molar-refractivity contribution >= 4 is 40.2 Å². The highest BCUT2D eigenvalue weighted by molar-refractivity contribution is 6.05. The van der Waals surface area contributed by atoms with Crippen LogP contribution in [-0.4, -0.2) is 77.7 Å². The van der Waals surface area contributed by atoms with Gasteiger partial charge in [-0.05, 0) is 60.6 Å². The monoisotopic (exact) mass is 707 g/mol. The van der Waals surface area contributed by atoms with E-state index in [0.717, 1.165) is 23.6 Å². The van der Waals surface area contributed by atoms with E-state index in [0.29, 0.717) is 49.9 Å². The summed E-state index contributed by atoms with van der Waals surface area (Å²) < 4.78 is 12.9. The van der Waals surface area contributed by atoms with Gasteiger partial charge in [-0.2, -0.15) is 0 Å². The van der Waals surface area contributed by atoms with E-state index in [1.54, 1.807) is 22.0 Å². The molecule has 3 aliphatic heterocycles. The zero-order valence-electron chi connectivity index (χ0n) is 29.7. The number of esters is 1. The Hall–Kier alpha value is -4.80. The molecule has 1 spiro atoms. The summed E-state index contributed by atoms with van der Waals surface area (Å²) in [5.41, 5.74) is 0.193. The molecule has 2 bridgehead atoms. The van der Waals surface area contributed by atoms with Crippen LogP contribution in [0.1, 0.15) is 63.0 Å². The van der Waals surface area contributed by atoms with Crippen LogP contribution in [0.5, 0.6) is 0 Å². The van der Waals surface area contributed by atoms with E-state index >= 15 is 0 Å². The Morgan fingerprint density at radius 3 is 2.50 bits per heavy atom. The summed E-state index contributed by atoms with van der Waals surface area (Å²) in [5.74, 6) is -3.13. The first-order valence-corrected chi connectivity index (χ1v) is 18.5. The maximum atomic E-state index is 15.0. The summed E-state index contributed by atoms with van der Waals surface area (Å²) in [7, 11) is 0. The third-order valence-corrected chi connectivity index (χ3v) is 10.7. The third-order valence-electron chi connectivity index (χ3n) is 10.7. The van der Waals surface area contributed by atoms with E-state index < -0.39 is 41.7 Å². The molecule has 3 heterocycles. The minimum atomic E-state index is -1.20. The molecule has 52 heavy (non-hydrogen) atoms.